The van der Waals surface area contributed by atoms with Gasteiger partial charge in [0.1, 0.15) is 0 Å². The van der Waals surface area contributed by atoms with Gasteiger partial charge in [-0.25, -0.2) is 0 Å². The van der Waals surface area contributed by atoms with Gasteiger partial charge in [-0.15, -0.1) is 24.0 Å². The highest BCUT2D eigenvalue weighted by atomic mass is 127. The Bertz CT molecular complexity index is 431. The first kappa shape index (κ1) is 24.4. The van der Waals surface area contributed by atoms with Gasteiger partial charge in [0.2, 0.25) is 5.91 Å². The fourth-order valence-electron chi connectivity index (χ4n) is 3.29. The molecule has 0 aromatic rings. The Balaban J connectivity index is 0.00000576. The molecule has 3 N–H and O–H groups in total. The Morgan fingerprint density at radius 1 is 1.16 bits per heavy atom. The van der Waals surface area contributed by atoms with E-state index < -0.39 is 5.60 Å². The average Bonchev–Trinajstić information content (AvgIpc) is 3.06. The number of nitrogens with one attached hydrogen (secondary N) is 2. The van der Waals surface area contributed by atoms with Gasteiger partial charge in [0.15, 0.2) is 5.96 Å². The molecule has 1 aliphatic carbocycles. The molecule has 0 aromatic heterocycles. The van der Waals surface area contributed by atoms with Crippen LogP contribution in [0.1, 0.15) is 59.3 Å². The quantitative estimate of drug-likeness (QED) is 0.291. The Morgan fingerprint density at radius 2 is 1.72 bits per heavy atom. The standard InChI is InChI=1S/C18H36N4O2.HI/c1-6-18(24,7-2)14-21-16(19-8-3)20-13-17(11-9-10-12-17)15(23)22(4)5;/h24H,6-14H2,1-5H3,(H2,19,20,21);1H. The van der Waals surface area contributed by atoms with Crippen molar-refractivity contribution < 1.29 is 9.90 Å². The number of carbonyl (C=O) groups excluding carboxylic acids is 1. The van der Waals surface area contributed by atoms with E-state index in [1.54, 1.807) is 4.90 Å². The van der Waals surface area contributed by atoms with Crippen molar-refractivity contribution in [1.29, 1.82) is 0 Å². The maximum Gasteiger partial charge on any atom is 0.230 e. The largest absolute Gasteiger partial charge is 0.388 e. The van der Waals surface area contributed by atoms with Crippen molar-refractivity contribution in [2.45, 2.75) is 64.9 Å². The summed E-state index contributed by atoms with van der Waals surface area (Å²) >= 11 is 0. The van der Waals surface area contributed by atoms with Crippen LogP contribution < -0.4 is 10.6 Å². The summed E-state index contributed by atoms with van der Waals surface area (Å²) in [6.07, 6.45) is 5.39. The van der Waals surface area contributed by atoms with Crippen LogP contribution in [-0.2, 0) is 4.79 Å². The molecule has 148 valence electrons. The number of amides is 1. The van der Waals surface area contributed by atoms with E-state index in [0.29, 0.717) is 31.9 Å². The summed E-state index contributed by atoms with van der Waals surface area (Å²) in [4.78, 5) is 18.9. The number of aliphatic imine (C=N–C) groups is 1. The van der Waals surface area contributed by atoms with Gasteiger partial charge in [0.05, 0.1) is 17.6 Å². The number of rotatable bonds is 8. The van der Waals surface area contributed by atoms with Crippen LogP contribution in [0.5, 0.6) is 0 Å². The summed E-state index contributed by atoms with van der Waals surface area (Å²) in [7, 11) is 3.65. The summed E-state index contributed by atoms with van der Waals surface area (Å²) in [5.74, 6) is 0.873. The highest BCUT2D eigenvalue weighted by Gasteiger charge is 2.42. The molecule has 6 nitrogen and oxygen atoms in total. The molecule has 0 aromatic carbocycles. The zero-order chi connectivity index (χ0) is 18.2. The third kappa shape index (κ3) is 6.92. The number of halogens is 1. The lowest BCUT2D eigenvalue weighted by Crippen LogP contribution is -2.49. The van der Waals surface area contributed by atoms with Crippen molar-refractivity contribution in [1.82, 2.24) is 15.5 Å². The minimum Gasteiger partial charge on any atom is -0.388 e. The molecule has 1 saturated carbocycles. The summed E-state index contributed by atoms with van der Waals surface area (Å²) in [6.45, 7) is 7.66. The van der Waals surface area contributed by atoms with Gasteiger partial charge >= 0.3 is 0 Å². The predicted octanol–water partition coefficient (Wildman–Crippen LogP) is 2.36. The lowest BCUT2D eigenvalue weighted by Gasteiger charge is -2.31. The van der Waals surface area contributed by atoms with Crippen LogP contribution in [0.3, 0.4) is 0 Å². The highest BCUT2D eigenvalue weighted by molar-refractivity contribution is 14.0. The molecule has 1 rings (SSSR count). The Labute approximate surface area is 170 Å². The summed E-state index contributed by atoms with van der Waals surface area (Å²) < 4.78 is 0. The van der Waals surface area contributed by atoms with Crippen molar-refractivity contribution in [3.05, 3.63) is 0 Å². The van der Waals surface area contributed by atoms with Crippen molar-refractivity contribution in [3.63, 3.8) is 0 Å². The highest BCUT2D eigenvalue weighted by Crippen LogP contribution is 2.38. The summed E-state index contributed by atoms with van der Waals surface area (Å²) in [6, 6.07) is 0. The van der Waals surface area contributed by atoms with Gasteiger partial charge in [-0.05, 0) is 32.6 Å². The molecule has 1 aliphatic rings. The van der Waals surface area contributed by atoms with Crippen LogP contribution in [-0.4, -0.2) is 61.2 Å². The molecule has 0 aliphatic heterocycles. The molecule has 7 heteroatoms. The van der Waals surface area contributed by atoms with Crippen molar-refractivity contribution in [2.75, 3.05) is 33.7 Å². The molecule has 1 amide bonds. The molecule has 0 saturated heterocycles. The predicted molar refractivity (Wildman–Crippen MR) is 115 cm³/mol. The van der Waals surface area contributed by atoms with E-state index in [1.165, 1.54) is 0 Å². The van der Waals surface area contributed by atoms with E-state index in [9.17, 15) is 9.90 Å². The first-order chi connectivity index (χ1) is 11.3. The van der Waals surface area contributed by atoms with E-state index in [0.717, 1.165) is 32.2 Å². The smallest absolute Gasteiger partial charge is 0.230 e. The fourth-order valence-corrected chi connectivity index (χ4v) is 3.29. The first-order valence-corrected chi connectivity index (χ1v) is 9.29. The van der Waals surface area contributed by atoms with Crippen molar-refractivity contribution in [3.8, 4) is 0 Å². The topological polar surface area (TPSA) is 77.0 Å². The van der Waals surface area contributed by atoms with Crippen LogP contribution in [0.15, 0.2) is 4.99 Å². The minimum atomic E-state index is -0.757. The van der Waals surface area contributed by atoms with Crippen LogP contribution in [0, 0.1) is 5.41 Å². The first-order valence-electron chi connectivity index (χ1n) is 9.29. The van der Waals surface area contributed by atoms with E-state index >= 15 is 0 Å². The Kier molecular flexibility index (Phi) is 11.0. The molecule has 25 heavy (non-hydrogen) atoms. The van der Waals surface area contributed by atoms with Gasteiger partial charge in [0.25, 0.3) is 0 Å². The second kappa shape index (κ2) is 11.2. The number of guanidine groups is 1. The second-order valence-corrected chi connectivity index (χ2v) is 7.17. The molecule has 0 spiro atoms. The SMILES string of the molecule is CCNC(=NCC(O)(CC)CC)NCC1(C(=O)N(C)C)CCCC1.I. The third-order valence-corrected chi connectivity index (χ3v) is 5.21. The van der Waals surface area contributed by atoms with Gasteiger partial charge in [0, 0.05) is 27.2 Å². The molecule has 0 heterocycles. The van der Waals surface area contributed by atoms with E-state index in [-0.39, 0.29) is 35.3 Å². The van der Waals surface area contributed by atoms with Crippen LogP contribution in [0.25, 0.3) is 0 Å². The lowest BCUT2D eigenvalue weighted by atomic mass is 9.84. The van der Waals surface area contributed by atoms with Gasteiger partial charge in [-0.1, -0.05) is 26.7 Å². The maximum atomic E-state index is 12.6. The number of carbonyl (C=O) groups is 1. The molecular formula is C18H37IN4O2. The molecule has 1 fully saturated rings. The molecule has 0 radical (unpaired) electrons. The number of nitrogens with zero attached hydrogens (tertiary/aromatic N) is 2. The van der Waals surface area contributed by atoms with E-state index in [1.807, 2.05) is 34.9 Å². The summed E-state index contributed by atoms with van der Waals surface area (Å²) in [5, 5.41) is 17.0. The van der Waals surface area contributed by atoms with Crippen LogP contribution in [0.2, 0.25) is 0 Å². The zero-order valence-corrected chi connectivity index (χ0v) is 18.9. The summed E-state index contributed by atoms with van der Waals surface area (Å²) in [5.41, 5.74) is -1.08. The van der Waals surface area contributed by atoms with Crippen LogP contribution >= 0.6 is 24.0 Å². The minimum absolute atomic E-state index is 0. The molecule has 0 bridgehead atoms. The maximum absolute atomic E-state index is 12.6. The van der Waals surface area contributed by atoms with Crippen molar-refractivity contribution >= 4 is 35.8 Å². The zero-order valence-electron chi connectivity index (χ0n) is 16.5. The Morgan fingerprint density at radius 3 is 2.16 bits per heavy atom. The fraction of sp³-hybridized carbons (Fsp3) is 0.889. The van der Waals surface area contributed by atoms with E-state index in [2.05, 4.69) is 15.6 Å². The van der Waals surface area contributed by atoms with Gasteiger partial charge < -0.3 is 20.6 Å². The lowest BCUT2D eigenvalue weighted by molar-refractivity contribution is -0.138. The van der Waals surface area contributed by atoms with Gasteiger partial charge in [-0.3, -0.25) is 9.79 Å². The number of hydrogen-bond donors (Lipinski definition) is 3. The Hall–Kier alpha value is -0.570. The monoisotopic (exact) mass is 468 g/mol. The average molecular weight is 468 g/mol. The number of hydrogen-bond acceptors (Lipinski definition) is 3. The molecule has 0 atom stereocenters. The number of aliphatic hydroxyl groups is 1. The van der Waals surface area contributed by atoms with E-state index in [4.69, 9.17) is 0 Å². The molecule has 0 unspecified atom stereocenters. The normalized spacial score (nSPS) is 17.0. The van der Waals surface area contributed by atoms with Crippen LogP contribution in [0.4, 0.5) is 0 Å². The molecular weight excluding hydrogens is 431 g/mol. The van der Waals surface area contributed by atoms with Crippen molar-refractivity contribution in [2.24, 2.45) is 10.4 Å². The van der Waals surface area contributed by atoms with Gasteiger partial charge in [-0.2, -0.15) is 0 Å². The second-order valence-electron chi connectivity index (χ2n) is 7.17. The third-order valence-electron chi connectivity index (χ3n) is 5.21.